The molecule has 0 saturated carbocycles. The number of rotatable bonds is 2. The fourth-order valence-electron chi connectivity index (χ4n) is 2.59. The van der Waals surface area contributed by atoms with Gasteiger partial charge in [0.1, 0.15) is 11.3 Å². The predicted octanol–water partition coefficient (Wildman–Crippen LogP) is 2.51. The second-order valence-electron chi connectivity index (χ2n) is 5.12. The lowest BCUT2D eigenvalue weighted by atomic mass is 10.2. The number of aromatic amines is 1. The van der Waals surface area contributed by atoms with E-state index in [9.17, 15) is 0 Å². The van der Waals surface area contributed by atoms with Gasteiger partial charge in [0.15, 0.2) is 5.65 Å². The average Bonchev–Trinajstić information content (AvgIpc) is 3.02. The lowest BCUT2D eigenvalue weighted by Crippen LogP contribution is -2.36. The lowest BCUT2D eigenvalue weighted by Gasteiger charge is -2.28. The minimum Gasteiger partial charge on any atom is -0.378 e. The SMILES string of the molecule is Clc1cnnc2[nH]c(-c3ccc(N4CCOCC4)cc3)nc12. The first-order valence-electron chi connectivity index (χ1n) is 7.11. The zero-order valence-corrected chi connectivity index (χ0v) is 12.5. The van der Waals surface area contributed by atoms with Crippen molar-refractivity contribution < 1.29 is 4.74 Å². The molecule has 0 unspecified atom stereocenters. The number of halogens is 1. The molecule has 1 saturated heterocycles. The number of hydrogen-bond acceptors (Lipinski definition) is 5. The molecule has 1 aliphatic rings. The molecular formula is C15H14ClN5O. The highest BCUT2D eigenvalue weighted by Crippen LogP contribution is 2.25. The van der Waals surface area contributed by atoms with Crippen LogP contribution in [0.3, 0.4) is 0 Å². The van der Waals surface area contributed by atoms with Gasteiger partial charge in [-0.15, -0.1) is 5.10 Å². The summed E-state index contributed by atoms with van der Waals surface area (Å²) in [6.45, 7) is 3.41. The Balaban J connectivity index is 1.65. The molecule has 0 amide bonds. The fourth-order valence-corrected chi connectivity index (χ4v) is 2.77. The molecule has 2 aromatic heterocycles. The molecule has 3 aromatic rings. The summed E-state index contributed by atoms with van der Waals surface area (Å²) in [5.41, 5.74) is 3.43. The first-order valence-corrected chi connectivity index (χ1v) is 7.49. The highest BCUT2D eigenvalue weighted by molar-refractivity contribution is 6.34. The van der Waals surface area contributed by atoms with Crippen molar-refractivity contribution >= 4 is 28.5 Å². The van der Waals surface area contributed by atoms with Crippen molar-refractivity contribution in [3.8, 4) is 11.4 Å². The van der Waals surface area contributed by atoms with Crippen molar-refractivity contribution in [3.63, 3.8) is 0 Å². The molecular weight excluding hydrogens is 302 g/mol. The van der Waals surface area contributed by atoms with E-state index >= 15 is 0 Å². The summed E-state index contributed by atoms with van der Waals surface area (Å²) < 4.78 is 5.38. The maximum absolute atomic E-state index is 6.08. The molecule has 0 radical (unpaired) electrons. The number of hydrogen-bond donors (Lipinski definition) is 1. The topological polar surface area (TPSA) is 66.9 Å². The quantitative estimate of drug-likeness (QED) is 0.787. The Morgan fingerprint density at radius 2 is 1.91 bits per heavy atom. The van der Waals surface area contributed by atoms with Gasteiger partial charge in [0, 0.05) is 24.3 Å². The van der Waals surface area contributed by atoms with Gasteiger partial charge in [0.05, 0.1) is 24.4 Å². The number of nitrogens with one attached hydrogen (secondary N) is 1. The van der Waals surface area contributed by atoms with Crippen LogP contribution in [0.25, 0.3) is 22.6 Å². The number of ether oxygens (including phenoxy) is 1. The van der Waals surface area contributed by atoms with Crippen LogP contribution in [0.4, 0.5) is 5.69 Å². The van der Waals surface area contributed by atoms with E-state index < -0.39 is 0 Å². The third-order valence-electron chi connectivity index (χ3n) is 3.76. The summed E-state index contributed by atoms with van der Waals surface area (Å²) >= 11 is 6.08. The van der Waals surface area contributed by atoms with E-state index in [0.29, 0.717) is 16.2 Å². The summed E-state index contributed by atoms with van der Waals surface area (Å²) in [6, 6.07) is 8.29. The Morgan fingerprint density at radius 3 is 2.64 bits per heavy atom. The molecule has 0 spiro atoms. The summed E-state index contributed by atoms with van der Waals surface area (Å²) in [5.74, 6) is 0.742. The van der Waals surface area contributed by atoms with E-state index in [1.807, 2.05) is 12.1 Å². The predicted molar refractivity (Wildman–Crippen MR) is 85.2 cm³/mol. The van der Waals surface area contributed by atoms with Gasteiger partial charge in [0.25, 0.3) is 0 Å². The van der Waals surface area contributed by atoms with Crippen LogP contribution in [0.15, 0.2) is 30.5 Å². The van der Waals surface area contributed by atoms with E-state index in [1.54, 1.807) is 0 Å². The van der Waals surface area contributed by atoms with Gasteiger partial charge >= 0.3 is 0 Å². The Bertz CT molecular complexity index is 795. The van der Waals surface area contributed by atoms with Crippen LogP contribution in [0, 0.1) is 0 Å². The number of morpholine rings is 1. The highest BCUT2D eigenvalue weighted by atomic mass is 35.5. The van der Waals surface area contributed by atoms with Crippen molar-refractivity contribution in [1.82, 2.24) is 20.2 Å². The number of aromatic nitrogens is 4. The molecule has 1 aromatic carbocycles. The van der Waals surface area contributed by atoms with Crippen molar-refractivity contribution in [2.24, 2.45) is 0 Å². The Kier molecular flexibility index (Phi) is 3.40. The van der Waals surface area contributed by atoms with Gasteiger partial charge < -0.3 is 14.6 Å². The molecule has 3 heterocycles. The molecule has 0 aliphatic carbocycles. The largest absolute Gasteiger partial charge is 0.378 e. The molecule has 1 N–H and O–H groups in total. The van der Waals surface area contributed by atoms with Crippen molar-refractivity contribution in [2.75, 3.05) is 31.2 Å². The molecule has 1 fully saturated rings. The number of anilines is 1. The minimum absolute atomic E-state index is 0.498. The molecule has 4 rings (SSSR count). The average molecular weight is 316 g/mol. The van der Waals surface area contributed by atoms with Gasteiger partial charge in [0.2, 0.25) is 0 Å². The molecule has 112 valence electrons. The maximum atomic E-state index is 6.08. The normalized spacial score (nSPS) is 15.4. The van der Waals surface area contributed by atoms with Crippen LogP contribution in [0.5, 0.6) is 0 Å². The van der Waals surface area contributed by atoms with Gasteiger partial charge in [-0.25, -0.2) is 4.98 Å². The van der Waals surface area contributed by atoms with Crippen LogP contribution in [0.2, 0.25) is 5.02 Å². The van der Waals surface area contributed by atoms with Crippen LogP contribution < -0.4 is 4.90 Å². The van der Waals surface area contributed by atoms with Gasteiger partial charge in [-0.1, -0.05) is 11.6 Å². The van der Waals surface area contributed by atoms with E-state index in [1.165, 1.54) is 11.9 Å². The lowest BCUT2D eigenvalue weighted by molar-refractivity contribution is 0.122. The number of benzene rings is 1. The monoisotopic (exact) mass is 315 g/mol. The maximum Gasteiger partial charge on any atom is 0.181 e. The van der Waals surface area contributed by atoms with E-state index in [0.717, 1.165) is 37.7 Å². The van der Waals surface area contributed by atoms with Crippen LogP contribution in [-0.2, 0) is 4.74 Å². The number of nitrogens with zero attached hydrogens (tertiary/aromatic N) is 4. The number of imidazole rings is 1. The van der Waals surface area contributed by atoms with Gasteiger partial charge in [-0.05, 0) is 24.3 Å². The smallest absolute Gasteiger partial charge is 0.181 e. The second kappa shape index (κ2) is 5.55. The summed E-state index contributed by atoms with van der Waals surface area (Å²) in [7, 11) is 0. The Morgan fingerprint density at radius 1 is 1.14 bits per heavy atom. The van der Waals surface area contributed by atoms with E-state index in [-0.39, 0.29) is 0 Å². The highest BCUT2D eigenvalue weighted by Gasteiger charge is 2.13. The number of H-pyrrole nitrogens is 1. The third-order valence-corrected chi connectivity index (χ3v) is 4.03. The summed E-state index contributed by atoms with van der Waals surface area (Å²) in [4.78, 5) is 9.96. The number of fused-ring (bicyclic) bond motifs is 1. The molecule has 22 heavy (non-hydrogen) atoms. The van der Waals surface area contributed by atoms with Crippen molar-refractivity contribution in [1.29, 1.82) is 0 Å². The zero-order valence-electron chi connectivity index (χ0n) is 11.8. The first kappa shape index (κ1) is 13.5. The third kappa shape index (κ3) is 2.40. The van der Waals surface area contributed by atoms with E-state index in [2.05, 4.69) is 37.2 Å². The molecule has 0 atom stereocenters. The minimum atomic E-state index is 0.498. The first-order chi connectivity index (χ1) is 10.8. The zero-order chi connectivity index (χ0) is 14.9. The van der Waals surface area contributed by atoms with Crippen LogP contribution >= 0.6 is 11.6 Å². The molecule has 7 heteroatoms. The van der Waals surface area contributed by atoms with Crippen molar-refractivity contribution in [2.45, 2.75) is 0 Å². The van der Waals surface area contributed by atoms with Crippen LogP contribution in [0.1, 0.15) is 0 Å². The van der Waals surface area contributed by atoms with Gasteiger partial charge in [-0.2, -0.15) is 5.10 Å². The van der Waals surface area contributed by atoms with Crippen LogP contribution in [-0.4, -0.2) is 46.5 Å². The van der Waals surface area contributed by atoms with E-state index in [4.69, 9.17) is 16.3 Å². The molecule has 6 nitrogen and oxygen atoms in total. The summed E-state index contributed by atoms with van der Waals surface area (Å²) in [5, 5.41) is 8.33. The molecule has 0 bridgehead atoms. The van der Waals surface area contributed by atoms with Crippen molar-refractivity contribution in [3.05, 3.63) is 35.5 Å². The summed E-state index contributed by atoms with van der Waals surface area (Å²) in [6.07, 6.45) is 1.50. The molecule has 1 aliphatic heterocycles. The Labute approximate surface area is 132 Å². The Hall–Kier alpha value is -2.18. The van der Waals surface area contributed by atoms with Gasteiger partial charge in [-0.3, -0.25) is 0 Å². The standard InChI is InChI=1S/C15H14ClN5O/c16-12-9-17-20-15-13(12)18-14(19-15)10-1-3-11(4-2-10)21-5-7-22-8-6-21/h1-4,9H,5-8H2,(H,18,19,20). The second-order valence-corrected chi connectivity index (χ2v) is 5.53. The fraction of sp³-hybridized carbons (Fsp3) is 0.267.